The summed E-state index contributed by atoms with van der Waals surface area (Å²) in [7, 11) is 0. The maximum absolute atomic E-state index is 5.78. The Labute approximate surface area is 104 Å². The van der Waals surface area contributed by atoms with Gasteiger partial charge in [0.25, 0.3) is 0 Å². The maximum atomic E-state index is 5.78. The van der Waals surface area contributed by atoms with E-state index in [-0.39, 0.29) is 0 Å². The number of benzene rings is 1. The summed E-state index contributed by atoms with van der Waals surface area (Å²) in [4.78, 5) is 0. The second kappa shape index (κ2) is 6.45. The topological polar surface area (TPSA) is 21.3 Å². The molecule has 1 aliphatic heterocycles. The van der Waals surface area contributed by atoms with Crippen LogP contribution in [0.25, 0.3) is 0 Å². The van der Waals surface area contributed by atoms with Crippen molar-refractivity contribution in [2.24, 2.45) is 0 Å². The molecule has 0 saturated heterocycles. The standard InChI is InChI=1S/C15H21NO/c1-2-3-13-4-6-15(7-5-13)17-12-14-8-10-16-11-9-14/h4-8,16H,2-3,9-12H2,1H3. The normalized spacial score (nSPS) is 15.5. The molecular weight excluding hydrogens is 210 g/mol. The van der Waals surface area contributed by atoms with Gasteiger partial charge in [-0.05, 0) is 42.7 Å². The van der Waals surface area contributed by atoms with Crippen molar-refractivity contribution in [2.45, 2.75) is 26.2 Å². The van der Waals surface area contributed by atoms with Crippen molar-refractivity contribution >= 4 is 0 Å². The van der Waals surface area contributed by atoms with Crippen molar-refractivity contribution in [3.63, 3.8) is 0 Å². The van der Waals surface area contributed by atoms with Crippen LogP contribution in [0.5, 0.6) is 5.75 Å². The monoisotopic (exact) mass is 231 g/mol. The van der Waals surface area contributed by atoms with Crippen molar-refractivity contribution in [3.05, 3.63) is 41.5 Å². The Morgan fingerprint density at radius 3 is 2.71 bits per heavy atom. The molecule has 0 bridgehead atoms. The SMILES string of the molecule is CCCc1ccc(OCC2=CCNCC2)cc1. The smallest absolute Gasteiger partial charge is 0.119 e. The van der Waals surface area contributed by atoms with E-state index in [9.17, 15) is 0 Å². The first-order valence-electron chi connectivity index (χ1n) is 6.49. The molecule has 1 aliphatic rings. The summed E-state index contributed by atoms with van der Waals surface area (Å²) < 4.78 is 5.78. The van der Waals surface area contributed by atoms with E-state index in [1.807, 2.05) is 0 Å². The van der Waals surface area contributed by atoms with E-state index in [1.165, 1.54) is 17.6 Å². The lowest BCUT2D eigenvalue weighted by Gasteiger charge is -2.14. The van der Waals surface area contributed by atoms with Gasteiger partial charge in [0.05, 0.1) is 0 Å². The molecule has 92 valence electrons. The van der Waals surface area contributed by atoms with Crippen LogP contribution in [-0.4, -0.2) is 19.7 Å². The van der Waals surface area contributed by atoms with Gasteiger partial charge in [-0.2, -0.15) is 0 Å². The first-order valence-corrected chi connectivity index (χ1v) is 6.49. The second-order valence-corrected chi connectivity index (χ2v) is 4.50. The zero-order valence-corrected chi connectivity index (χ0v) is 10.5. The molecule has 0 aromatic heterocycles. The Hall–Kier alpha value is -1.28. The molecule has 1 aromatic rings. The first-order chi connectivity index (χ1) is 8.38. The van der Waals surface area contributed by atoms with Gasteiger partial charge in [-0.3, -0.25) is 0 Å². The van der Waals surface area contributed by atoms with E-state index in [1.54, 1.807) is 0 Å². The number of hydrogen-bond acceptors (Lipinski definition) is 2. The van der Waals surface area contributed by atoms with E-state index in [4.69, 9.17) is 4.74 Å². The third kappa shape index (κ3) is 3.90. The summed E-state index contributed by atoms with van der Waals surface area (Å²) >= 11 is 0. The molecule has 0 spiro atoms. The molecule has 17 heavy (non-hydrogen) atoms. The summed E-state index contributed by atoms with van der Waals surface area (Å²) in [5.74, 6) is 0.976. The van der Waals surface area contributed by atoms with Gasteiger partial charge < -0.3 is 10.1 Å². The van der Waals surface area contributed by atoms with Crippen molar-refractivity contribution in [2.75, 3.05) is 19.7 Å². The molecule has 2 heteroatoms. The number of aryl methyl sites for hydroxylation is 1. The van der Waals surface area contributed by atoms with Crippen LogP contribution in [0.3, 0.4) is 0 Å². The maximum Gasteiger partial charge on any atom is 0.119 e. The van der Waals surface area contributed by atoms with Crippen molar-refractivity contribution in [3.8, 4) is 5.75 Å². The van der Waals surface area contributed by atoms with Gasteiger partial charge in [-0.15, -0.1) is 0 Å². The minimum absolute atomic E-state index is 0.731. The third-order valence-corrected chi connectivity index (χ3v) is 3.04. The summed E-state index contributed by atoms with van der Waals surface area (Å²) in [5.41, 5.74) is 2.79. The van der Waals surface area contributed by atoms with Crippen molar-refractivity contribution in [1.29, 1.82) is 0 Å². The van der Waals surface area contributed by atoms with Gasteiger partial charge in [0.15, 0.2) is 0 Å². The van der Waals surface area contributed by atoms with Crippen LogP contribution in [0, 0.1) is 0 Å². The predicted octanol–water partition coefficient (Wildman–Crippen LogP) is 2.94. The summed E-state index contributed by atoms with van der Waals surface area (Å²) in [6.45, 7) is 4.99. The van der Waals surface area contributed by atoms with Crippen LogP contribution in [0.4, 0.5) is 0 Å². The molecule has 1 N–H and O–H groups in total. The molecule has 1 aromatic carbocycles. The Bertz CT molecular complexity index is 367. The van der Waals surface area contributed by atoms with Gasteiger partial charge in [-0.25, -0.2) is 0 Å². The van der Waals surface area contributed by atoms with Crippen molar-refractivity contribution in [1.82, 2.24) is 5.32 Å². The lowest BCUT2D eigenvalue weighted by molar-refractivity contribution is 0.344. The number of ether oxygens (including phenoxy) is 1. The zero-order chi connectivity index (χ0) is 11.9. The van der Waals surface area contributed by atoms with E-state index in [0.29, 0.717) is 0 Å². The minimum atomic E-state index is 0.731. The minimum Gasteiger partial charge on any atom is -0.489 e. The molecule has 0 unspecified atom stereocenters. The quantitative estimate of drug-likeness (QED) is 0.787. The first kappa shape index (κ1) is 12.2. The van der Waals surface area contributed by atoms with Gasteiger partial charge in [0.2, 0.25) is 0 Å². The van der Waals surface area contributed by atoms with Gasteiger partial charge in [0.1, 0.15) is 12.4 Å². The molecule has 0 amide bonds. The molecular formula is C15H21NO. The lowest BCUT2D eigenvalue weighted by atomic mass is 10.1. The highest BCUT2D eigenvalue weighted by atomic mass is 16.5. The van der Waals surface area contributed by atoms with Crippen LogP contribution in [-0.2, 0) is 6.42 Å². The van der Waals surface area contributed by atoms with Crippen LogP contribution >= 0.6 is 0 Å². The molecule has 0 radical (unpaired) electrons. The molecule has 2 rings (SSSR count). The fraction of sp³-hybridized carbons (Fsp3) is 0.467. The van der Waals surface area contributed by atoms with E-state index in [2.05, 4.69) is 42.6 Å². The second-order valence-electron chi connectivity index (χ2n) is 4.50. The Kier molecular flexibility index (Phi) is 4.63. The molecule has 0 saturated carbocycles. The molecule has 0 aliphatic carbocycles. The number of hydrogen-bond donors (Lipinski definition) is 1. The average Bonchev–Trinajstić information content (AvgIpc) is 2.40. The van der Waals surface area contributed by atoms with Gasteiger partial charge >= 0.3 is 0 Å². The Balaban J connectivity index is 1.84. The van der Waals surface area contributed by atoms with E-state index >= 15 is 0 Å². The zero-order valence-electron chi connectivity index (χ0n) is 10.5. The van der Waals surface area contributed by atoms with Gasteiger partial charge in [-0.1, -0.05) is 31.6 Å². The summed E-state index contributed by atoms with van der Waals surface area (Å²) in [6, 6.07) is 8.48. The molecule has 1 heterocycles. The van der Waals surface area contributed by atoms with E-state index in [0.717, 1.165) is 38.3 Å². The van der Waals surface area contributed by atoms with Crippen LogP contribution in [0.15, 0.2) is 35.9 Å². The number of rotatable bonds is 5. The molecule has 0 fully saturated rings. The number of nitrogens with one attached hydrogen (secondary N) is 1. The highest BCUT2D eigenvalue weighted by molar-refractivity contribution is 5.27. The average molecular weight is 231 g/mol. The van der Waals surface area contributed by atoms with Gasteiger partial charge in [0, 0.05) is 6.54 Å². The molecule has 2 nitrogen and oxygen atoms in total. The Morgan fingerprint density at radius 2 is 2.06 bits per heavy atom. The molecule has 0 atom stereocenters. The fourth-order valence-electron chi connectivity index (χ4n) is 2.02. The Morgan fingerprint density at radius 1 is 1.24 bits per heavy atom. The van der Waals surface area contributed by atoms with Crippen LogP contribution < -0.4 is 10.1 Å². The largest absolute Gasteiger partial charge is 0.489 e. The third-order valence-electron chi connectivity index (χ3n) is 3.04. The van der Waals surface area contributed by atoms with E-state index < -0.39 is 0 Å². The lowest BCUT2D eigenvalue weighted by Crippen LogP contribution is -2.22. The summed E-state index contributed by atoms with van der Waals surface area (Å²) in [5, 5.41) is 3.30. The predicted molar refractivity (Wildman–Crippen MR) is 71.5 cm³/mol. The highest BCUT2D eigenvalue weighted by Crippen LogP contribution is 2.15. The highest BCUT2D eigenvalue weighted by Gasteiger charge is 2.03. The van der Waals surface area contributed by atoms with Crippen LogP contribution in [0.1, 0.15) is 25.3 Å². The van der Waals surface area contributed by atoms with Crippen molar-refractivity contribution < 1.29 is 4.74 Å². The fourth-order valence-corrected chi connectivity index (χ4v) is 2.02. The van der Waals surface area contributed by atoms with Crippen LogP contribution in [0.2, 0.25) is 0 Å². The summed E-state index contributed by atoms with van der Waals surface area (Å²) in [6.07, 6.45) is 5.68.